The van der Waals surface area contributed by atoms with Gasteiger partial charge >= 0.3 is 0 Å². The van der Waals surface area contributed by atoms with Gasteiger partial charge in [-0.15, -0.1) is 0 Å². The van der Waals surface area contributed by atoms with E-state index >= 15 is 0 Å². The molecule has 5 nitrogen and oxygen atoms in total. The monoisotopic (exact) mass is 375 g/mol. The first-order valence-electron chi connectivity index (χ1n) is 9.55. The Morgan fingerprint density at radius 1 is 0.786 bits per heavy atom. The summed E-state index contributed by atoms with van der Waals surface area (Å²) in [5.74, 6) is 1.73. The highest BCUT2D eigenvalue weighted by molar-refractivity contribution is 5.43. The topological polar surface area (TPSA) is 68.5 Å². The number of anilines is 1. The van der Waals surface area contributed by atoms with E-state index in [9.17, 15) is 0 Å². The van der Waals surface area contributed by atoms with E-state index in [1.165, 1.54) is 5.56 Å². The van der Waals surface area contributed by atoms with Crippen LogP contribution in [0.5, 0.6) is 11.5 Å². The normalized spacial score (nSPS) is 18.7. The van der Waals surface area contributed by atoms with Crippen molar-refractivity contribution in [2.45, 2.75) is 18.5 Å². The highest BCUT2D eigenvalue weighted by Crippen LogP contribution is 2.35. The Morgan fingerprint density at radius 2 is 1.54 bits per heavy atom. The van der Waals surface area contributed by atoms with Crippen LogP contribution in [0.2, 0.25) is 0 Å². The van der Waals surface area contributed by atoms with Crippen LogP contribution in [0.15, 0.2) is 78.9 Å². The van der Waals surface area contributed by atoms with Crippen molar-refractivity contribution in [2.75, 3.05) is 18.9 Å². The van der Waals surface area contributed by atoms with Crippen LogP contribution in [0, 0.1) is 0 Å². The molecule has 4 N–H and O–H groups in total. The van der Waals surface area contributed by atoms with E-state index in [-0.39, 0.29) is 12.1 Å². The fourth-order valence-electron chi connectivity index (χ4n) is 3.48. The van der Waals surface area contributed by atoms with Gasteiger partial charge in [-0.3, -0.25) is 0 Å². The Balaban J connectivity index is 1.36. The minimum atomic E-state index is 0.165. The Bertz CT molecular complexity index is 901. The molecule has 0 saturated carbocycles. The lowest BCUT2D eigenvalue weighted by molar-refractivity contribution is 0.215. The number of hydrogen-bond acceptors (Lipinski definition) is 5. The molecule has 1 aliphatic rings. The minimum absolute atomic E-state index is 0.165. The Hall–Kier alpha value is -3.02. The summed E-state index contributed by atoms with van der Waals surface area (Å²) in [7, 11) is 0. The van der Waals surface area contributed by atoms with E-state index in [1.54, 1.807) is 0 Å². The van der Waals surface area contributed by atoms with Crippen molar-refractivity contribution in [3.8, 4) is 11.5 Å². The zero-order chi connectivity index (χ0) is 19.2. The Labute approximate surface area is 165 Å². The maximum absolute atomic E-state index is 6.02. The van der Waals surface area contributed by atoms with Crippen LogP contribution in [-0.2, 0) is 0 Å². The van der Waals surface area contributed by atoms with Crippen LogP contribution in [0.25, 0.3) is 0 Å². The average molecular weight is 375 g/mol. The number of rotatable bonds is 7. The molecule has 0 radical (unpaired) electrons. The summed E-state index contributed by atoms with van der Waals surface area (Å²) in [5.41, 5.74) is 15.8. The third kappa shape index (κ3) is 4.44. The van der Waals surface area contributed by atoms with Crippen molar-refractivity contribution in [1.29, 1.82) is 0 Å². The molecule has 1 fully saturated rings. The van der Waals surface area contributed by atoms with Gasteiger partial charge in [-0.2, -0.15) is 0 Å². The van der Waals surface area contributed by atoms with E-state index < -0.39 is 0 Å². The molecule has 1 aliphatic heterocycles. The number of hydrogen-bond donors (Lipinski definition) is 3. The maximum atomic E-state index is 6.02. The molecule has 5 heteroatoms. The van der Waals surface area contributed by atoms with E-state index in [0.29, 0.717) is 13.2 Å². The quantitative estimate of drug-likeness (QED) is 0.430. The third-order valence-corrected chi connectivity index (χ3v) is 4.86. The molecule has 3 aromatic rings. The van der Waals surface area contributed by atoms with Gasteiger partial charge in [0, 0.05) is 17.3 Å². The summed E-state index contributed by atoms with van der Waals surface area (Å²) in [6.45, 7) is 0.991. The van der Waals surface area contributed by atoms with Gasteiger partial charge in [0.15, 0.2) is 0 Å². The standard InChI is InChI=1S/C23H25N3O2/c24-18-8-6-7-17(15-18)21-16-22(26-25-21)20-11-4-5-12-23(20)28-14-13-27-19-9-2-1-3-10-19/h1-12,15,21-22,25-26H,13-14,16,24H2. The van der Waals surface area contributed by atoms with Gasteiger partial charge in [-0.1, -0.05) is 48.5 Å². The third-order valence-electron chi connectivity index (χ3n) is 4.86. The van der Waals surface area contributed by atoms with Gasteiger partial charge in [0.05, 0.1) is 6.04 Å². The molecule has 2 atom stereocenters. The molecule has 1 heterocycles. The fraction of sp³-hybridized carbons (Fsp3) is 0.217. The van der Waals surface area contributed by atoms with Crippen LogP contribution in [0.3, 0.4) is 0 Å². The molecule has 144 valence electrons. The number of para-hydroxylation sites is 2. The van der Waals surface area contributed by atoms with Gasteiger partial charge in [-0.25, -0.2) is 10.9 Å². The molecule has 0 aliphatic carbocycles. The summed E-state index contributed by atoms with van der Waals surface area (Å²) in [5, 5.41) is 0. The zero-order valence-electron chi connectivity index (χ0n) is 15.7. The average Bonchev–Trinajstić information content (AvgIpc) is 3.22. The summed E-state index contributed by atoms with van der Waals surface area (Å²) < 4.78 is 11.7. The molecule has 0 spiro atoms. The molecule has 0 amide bonds. The number of ether oxygens (including phenoxy) is 2. The van der Waals surface area contributed by atoms with Gasteiger partial charge in [0.25, 0.3) is 0 Å². The number of nitrogen functional groups attached to an aromatic ring is 1. The highest BCUT2D eigenvalue weighted by Gasteiger charge is 2.28. The summed E-state index contributed by atoms with van der Waals surface area (Å²) in [6.07, 6.45) is 0.921. The molecule has 1 saturated heterocycles. The van der Waals surface area contributed by atoms with Crippen LogP contribution in [0.4, 0.5) is 5.69 Å². The molecule has 4 rings (SSSR count). The fourth-order valence-corrected chi connectivity index (χ4v) is 3.48. The number of nitrogens with one attached hydrogen (secondary N) is 2. The van der Waals surface area contributed by atoms with Crippen molar-refractivity contribution in [3.63, 3.8) is 0 Å². The lowest BCUT2D eigenvalue weighted by Crippen LogP contribution is -2.27. The summed E-state index contributed by atoms with van der Waals surface area (Å²) in [6, 6.07) is 26.3. The number of benzene rings is 3. The van der Waals surface area contributed by atoms with Crippen molar-refractivity contribution in [1.82, 2.24) is 10.9 Å². The molecule has 28 heavy (non-hydrogen) atoms. The second kappa shape index (κ2) is 8.78. The number of nitrogens with two attached hydrogens (primary N) is 1. The first-order valence-corrected chi connectivity index (χ1v) is 9.55. The first kappa shape index (κ1) is 18.3. The van der Waals surface area contributed by atoms with Crippen LogP contribution < -0.4 is 26.1 Å². The van der Waals surface area contributed by atoms with Crippen molar-refractivity contribution >= 4 is 5.69 Å². The maximum Gasteiger partial charge on any atom is 0.124 e. The van der Waals surface area contributed by atoms with E-state index in [0.717, 1.165) is 29.2 Å². The smallest absolute Gasteiger partial charge is 0.124 e. The first-order chi connectivity index (χ1) is 13.8. The number of hydrazine groups is 1. The summed E-state index contributed by atoms with van der Waals surface area (Å²) >= 11 is 0. The molecule has 0 aromatic heterocycles. The SMILES string of the molecule is Nc1cccc(C2CC(c3ccccc3OCCOc3ccccc3)NN2)c1. The Morgan fingerprint density at radius 3 is 2.39 bits per heavy atom. The predicted octanol–water partition coefficient (Wildman–Crippen LogP) is 4.01. The van der Waals surface area contributed by atoms with Crippen molar-refractivity contribution < 1.29 is 9.47 Å². The minimum Gasteiger partial charge on any atom is -0.490 e. The van der Waals surface area contributed by atoms with Gasteiger partial charge in [0.1, 0.15) is 24.7 Å². The van der Waals surface area contributed by atoms with Crippen LogP contribution in [-0.4, -0.2) is 13.2 Å². The molecule has 2 unspecified atom stereocenters. The zero-order valence-corrected chi connectivity index (χ0v) is 15.7. The molecular weight excluding hydrogens is 350 g/mol. The molecule has 3 aromatic carbocycles. The lowest BCUT2D eigenvalue weighted by Gasteiger charge is -2.16. The second-order valence-corrected chi connectivity index (χ2v) is 6.85. The van der Waals surface area contributed by atoms with E-state index in [1.807, 2.05) is 66.7 Å². The molecular formula is C23H25N3O2. The predicted molar refractivity (Wildman–Crippen MR) is 111 cm³/mol. The Kier molecular flexibility index (Phi) is 5.75. The lowest BCUT2D eigenvalue weighted by atomic mass is 9.97. The van der Waals surface area contributed by atoms with Crippen LogP contribution >= 0.6 is 0 Å². The highest BCUT2D eigenvalue weighted by atomic mass is 16.5. The van der Waals surface area contributed by atoms with E-state index in [2.05, 4.69) is 23.0 Å². The van der Waals surface area contributed by atoms with Gasteiger partial charge in [0.2, 0.25) is 0 Å². The van der Waals surface area contributed by atoms with Gasteiger partial charge in [-0.05, 0) is 42.3 Å². The van der Waals surface area contributed by atoms with Crippen molar-refractivity contribution in [3.05, 3.63) is 90.0 Å². The van der Waals surface area contributed by atoms with Crippen molar-refractivity contribution in [2.24, 2.45) is 0 Å². The molecule has 0 bridgehead atoms. The summed E-state index contributed by atoms with van der Waals surface area (Å²) in [4.78, 5) is 0. The largest absolute Gasteiger partial charge is 0.490 e. The van der Waals surface area contributed by atoms with E-state index in [4.69, 9.17) is 15.2 Å². The second-order valence-electron chi connectivity index (χ2n) is 6.85. The van der Waals surface area contributed by atoms with Gasteiger partial charge < -0.3 is 15.2 Å². The van der Waals surface area contributed by atoms with Crippen LogP contribution in [0.1, 0.15) is 29.6 Å².